The molecule has 8 nitrogen and oxygen atoms in total. The summed E-state index contributed by atoms with van der Waals surface area (Å²) in [6.45, 7) is 3.93. The first-order valence-electron chi connectivity index (χ1n) is 14.9. The molecule has 0 atom stereocenters. The standard InChI is InChI=1S/C19H21N3O2.C17H17NO2/c1-14(23)20-21-19(24)17-12-22(13-17)18(15-8-4-2-5-9-15)16-10-6-3-7-11-16;19-17(20)15-11-18(12-15)16(13-7-3-1-4-8-13)14-9-5-2-6-10-14/h2-11,17-18H,12-13H2,1H3,(H,20,23)(H,21,24);1-10,15-16H,11-12H2,(H,19,20). The third-order valence-corrected chi connectivity index (χ3v) is 8.09. The second-order valence-corrected chi connectivity index (χ2v) is 11.3. The highest BCUT2D eigenvalue weighted by atomic mass is 16.4. The van der Waals surface area contributed by atoms with Crippen LogP contribution in [-0.4, -0.2) is 58.9 Å². The molecule has 0 unspecified atom stereocenters. The Balaban J connectivity index is 0.000000177. The van der Waals surface area contributed by atoms with E-state index < -0.39 is 5.97 Å². The van der Waals surface area contributed by atoms with Crippen molar-refractivity contribution in [2.75, 3.05) is 26.2 Å². The van der Waals surface area contributed by atoms with Crippen LogP contribution in [0, 0.1) is 11.8 Å². The maximum atomic E-state index is 12.0. The van der Waals surface area contributed by atoms with Crippen molar-refractivity contribution in [3.8, 4) is 0 Å². The highest BCUT2D eigenvalue weighted by molar-refractivity contribution is 5.83. The van der Waals surface area contributed by atoms with E-state index in [1.54, 1.807) is 0 Å². The second kappa shape index (κ2) is 14.6. The number of hydrogen-bond acceptors (Lipinski definition) is 5. The van der Waals surface area contributed by atoms with Gasteiger partial charge in [0.15, 0.2) is 0 Å². The molecule has 4 aromatic carbocycles. The van der Waals surface area contributed by atoms with Crippen molar-refractivity contribution in [3.05, 3.63) is 144 Å². The van der Waals surface area contributed by atoms with E-state index in [1.165, 1.54) is 29.2 Å². The predicted molar refractivity (Wildman–Crippen MR) is 169 cm³/mol. The van der Waals surface area contributed by atoms with Crippen LogP contribution in [0.2, 0.25) is 0 Å². The first-order valence-corrected chi connectivity index (χ1v) is 14.9. The zero-order valence-electron chi connectivity index (χ0n) is 24.8. The van der Waals surface area contributed by atoms with Crippen LogP contribution in [0.3, 0.4) is 0 Å². The number of nitrogens with zero attached hydrogens (tertiary/aromatic N) is 2. The van der Waals surface area contributed by atoms with Crippen LogP contribution in [0.5, 0.6) is 0 Å². The molecular weight excluding hydrogens is 552 g/mol. The summed E-state index contributed by atoms with van der Waals surface area (Å²) in [6.07, 6.45) is 0. The summed E-state index contributed by atoms with van der Waals surface area (Å²) in [4.78, 5) is 38.4. The van der Waals surface area contributed by atoms with Crippen molar-refractivity contribution < 1.29 is 19.5 Å². The number of carbonyl (C=O) groups excluding carboxylic acids is 2. The summed E-state index contributed by atoms with van der Waals surface area (Å²) in [5.41, 5.74) is 9.65. The summed E-state index contributed by atoms with van der Waals surface area (Å²) >= 11 is 0. The fourth-order valence-corrected chi connectivity index (χ4v) is 5.79. The Morgan fingerprint density at radius 2 is 0.886 bits per heavy atom. The summed E-state index contributed by atoms with van der Waals surface area (Å²) < 4.78 is 0. The lowest BCUT2D eigenvalue weighted by Crippen LogP contribution is -2.57. The minimum atomic E-state index is -0.693. The number of carboxylic acid groups (broad SMARTS) is 1. The molecule has 0 saturated carbocycles. The number of hydrogen-bond donors (Lipinski definition) is 3. The van der Waals surface area contributed by atoms with Gasteiger partial charge >= 0.3 is 5.97 Å². The Hall–Kier alpha value is -4.79. The van der Waals surface area contributed by atoms with Gasteiger partial charge < -0.3 is 5.11 Å². The van der Waals surface area contributed by atoms with Crippen molar-refractivity contribution in [1.29, 1.82) is 0 Å². The largest absolute Gasteiger partial charge is 0.481 e. The molecular formula is C36H38N4O4. The number of amides is 2. The fourth-order valence-electron chi connectivity index (χ4n) is 5.79. The molecule has 2 heterocycles. The van der Waals surface area contributed by atoms with Gasteiger partial charge in [-0.3, -0.25) is 35.0 Å². The molecule has 2 saturated heterocycles. The van der Waals surface area contributed by atoms with Crippen molar-refractivity contribution >= 4 is 17.8 Å². The number of benzene rings is 4. The van der Waals surface area contributed by atoms with Gasteiger partial charge in [-0.15, -0.1) is 0 Å². The van der Waals surface area contributed by atoms with E-state index in [2.05, 4.69) is 69.2 Å². The van der Waals surface area contributed by atoms with Gasteiger partial charge in [0.2, 0.25) is 11.8 Å². The minimum absolute atomic E-state index is 0.105. The van der Waals surface area contributed by atoms with Gasteiger partial charge in [-0.1, -0.05) is 121 Å². The summed E-state index contributed by atoms with van der Waals surface area (Å²) in [6, 6.07) is 41.4. The lowest BCUT2D eigenvalue weighted by molar-refractivity contribution is -0.148. The maximum Gasteiger partial charge on any atom is 0.309 e. The molecule has 2 amide bonds. The van der Waals surface area contributed by atoms with E-state index in [9.17, 15) is 14.4 Å². The average molecular weight is 591 g/mol. The molecule has 2 aliphatic rings. The number of rotatable bonds is 8. The van der Waals surface area contributed by atoms with Crippen LogP contribution < -0.4 is 10.9 Å². The third kappa shape index (κ3) is 7.58. The topological polar surface area (TPSA) is 102 Å². The molecule has 3 N–H and O–H groups in total. The SMILES string of the molecule is CC(=O)NNC(=O)C1CN(C(c2ccccc2)c2ccccc2)C1.O=C(O)C1CN(C(c2ccccc2)c2ccccc2)C1. The Kier molecular flexibility index (Phi) is 10.2. The first kappa shape index (κ1) is 30.7. The molecule has 44 heavy (non-hydrogen) atoms. The van der Waals surface area contributed by atoms with E-state index in [-0.39, 0.29) is 35.7 Å². The molecule has 226 valence electrons. The van der Waals surface area contributed by atoms with E-state index in [4.69, 9.17) is 5.11 Å². The molecule has 6 rings (SSSR count). The Labute approximate surface area is 258 Å². The predicted octanol–water partition coefficient (Wildman–Crippen LogP) is 4.67. The average Bonchev–Trinajstić information content (AvgIpc) is 3.01. The van der Waals surface area contributed by atoms with Crippen LogP contribution >= 0.6 is 0 Å². The van der Waals surface area contributed by atoms with Gasteiger partial charge in [0.25, 0.3) is 0 Å². The number of carbonyl (C=O) groups is 3. The van der Waals surface area contributed by atoms with E-state index in [0.29, 0.717) is 26.2 Å². The van der Waals surface area contributed by atoms with Gasteiger partial charge in [-0.05, 0) is 22.3 Å². The quantitative estimate of drug-likeness (QED) is 0.258. The van der Waals surface area contributed by atoms with Crippen LogP contribution in [0.1, 0.15) is 41.3 Å². The van der Waals surface area contributed by atoms with Crippen molar-refractivity contribution in [1.82, 2.24) is 20.7 Å². The Morgan fingerprint density at radius 3 is 1.18 bits per heavy atom. The van der Waals surface area contributed by atoms with Crippen molar-refractivity contribution in [2.24, 2.45) is 11.8 Å². The highest BCUT2D eigenvalue weighted by Gasteiger charge is 2.39. The third-order valence-electron chi connectivity index (χ3n) is 8.09. The molecule has 0 radical (unpaired) electrons. The van der Waals surface area contributed by atoms with E-state index in [0.717, 1.165) is 0 Å². The molecule has 8 heteroatoms. The molecule has 2 fully saturated rings. The zero-order chi connectivity index (χ0) is 30.9. The number of nitrogens with one attached hydrogen (secondary N) is 2. The summed E-state index contributed by atoms with van der Waals surface area (Å²) in [5.74, 6) is -1.44. The number of aliphatic carboxylic acids is 1. The maximum absolute atomic E-state index is 12.0. The minimum Gasteiger partial charge on any atom is -0.481 e. The molecule has 2 aliphatic heterocycles. The van der Waals surface area contributed by atoms with Gasteiger partial charge in [-0.25, -0.2) is 0 Å². The van der Waals surface area contributed by atoms with Crippen LogP contribution in [0.25, 0.3) is 0 Å². The summed E-state index contributed by atoms with van der Waals surface area (Å²) in [7, 11) is 0. The van der Waals surface area contributed by atoms with Crippen LogP contribution in [0.4, 0.5) is 0 Å². The van der Waals surface area contributed by atoms with Crippen LogP contribution in [0.15, 0.2) is 121 Å². The van der Waals surface area contributed by atoms with Gasteiger partial charge in [0, 0.05) is 33.1 Å². The smallest absolute Gasteiger partial charge is 0.309 e. The number of likely N-dealkylation sites (tertiary alicyclic amines) is 2. The Morgan fingerprint density at radius 1 is 0.568 bits per heavy atom. The lowest BCUT2D eigenvalue weighted by atomic mass is 9.90. The highest BCUT2D eigenvalue weighted by Crippen LogP contribution is 2.35. The zero-order valence-corrected chi connectivity index (χ0v) is 24.8. The molecule has 0 bridgehead atoms. The van der Waals surface area contributed by atoms with E-state index >= 15 is 0 Å². The Bertz CT molecular complexity index is 1430. The number of hydrazine groups is 1. The molecule has 0 spiro atoms. The van der Waals surface area contributed by atoms with Gasteiger partial charge in [0.05, 0.1) is 23.9 Å². The van der Waals surface area contributed by atoms with Gasteiger partial charge in [0.1, 0.15) is 0 Å². The first-order chi connectivity index (χ1) is 21.4. The number of carboxylic acids is 1. The summed E-state index contributed by atoms with van der Waals surface area (Å²) in [5, 5.41) is 9.05. The monoisotopic (exact) mass is 590 g/mol. The van der Waals surface area contributed by atoms with Crippen molar-refractivity contribution in [2.45, 2.75) is 19.0 Å². The van der Waals surface area contributed by atoms with Crippen molar-refractivity contribution in [3.63, 3.8) is 0 Å². The van der Waals surface area contributed by atoms with E-state index in [1.807, 2.05) is 72.8 Å². The normalized spacial score (nSPS) is 15.4. The van der Waals surface area contributed by atoms with Gasteiger partial charge in [-0.2, -0.15) is 0 Å². The second-order valence-electron chi connectivity index (χ2n) is 11.3. The molecule has 0 aliphatic carbocycles. The fraction of sp³-hybridized carbons (Fsp3) is 0.250. The molecule has 4 aromatic rings. The molecule has 0 aromatic heterocycles. The lowest BCUT2D eigenvalue weighted by Gasteiger charge is -2.43. The van der Waals surface area contributed by atoms with Crippen LogP contribution in [-0.2, 0) is 14.4 Å².